The third kappa shape index (κ3) is 5.37. The average Bonchev–Trinajstić information content (AvgIpc) is 2.61. The van der Waals surface area contributed by atoms with Crippen molar-refractivity contribution < 1.29 is 59.3 Å². The van der Waals surface area contributed by atoms with Crippen molar-refractivity contribution in [2.45, 2.75) is 37.8 Å². The third-order valence-electron chi connectivity index (χ3n) is 4.32. The van der Waals surface area contributed by atoms with E-state index in [2.05, 4.69) is 4.74 Å². The number of hydrogen-bond acceptors (Lipinski definition) is 3. The highest BCUT2D eigenvalue weighted by molar-refractivity contribution is 5.76. The van der Waals surface area contributed by atoms with Gasteiger partial charge in [0.1, 0.15) is 17.1 Å². The number of aliphatic carboxylic acids is 1. The number of aromatic hydroxyl groups is 1. The first-order valence-electron chi connectivity index (χ1n) is 8.60. The summed E-state index contributed by atoms with van der Waals surface area (Å²) in [4.78, 5) is 11.3. The predicted octanol–water partition coefficient (Wildman–Crippen LogP) is 6.82. The topological polar surface area (TPSA) is 66.8 Å². The second kappa shape index (κ2) is 8.43. The molecule has 2 rings (SSSR count). The quantitative estimate of drug-likeness (QED) is 0.465. The van der Waals surface area contributed by atoms with E-state index in [1.807, 2.05) is 0 Å². The van der Waals surface area contributed by atoms with Gasteiger partial charge >= 0.3 is 24.5 Å². The molecule has 0 saturated heterocycles. The molecule has 0 aliphatic heterocycles. The van der Waals surface area contributed by atoms with Crippen molar-refractivity contribution in [1.29, 1.82) is 0 Å². The molecule has 0 spiro atoms. The first-order valence-corrected chi connectivity index (χ1v) is 8.60. The van der Waals surface area contributed by atoms with Gasteiger partial charge in [0.2, 0.25) is 0 Å². The lowest BCUT2D eigenvalue weighted by atomic mass is 9.92. The summed E-state index contributed by atoms with van der Waals surface area (Å²) in [5, 5.41) is 18.4. The van der Waals surface area contributed by atoms with Gasteiger partial charge in [0.05, 0.1) is 17.0 Å². The van der Waals surface area contributed by atoms with Crippen molar-refractivity contribution in [3.05, 3.63) is 52.6 Å². The summed E-state index contributed by atoms with van der Waals surface area (Å²) in [6.45, 7) is 1.23. The molecule has 2 aromatic carbocycles. The molecule has 13 heteroatoms. The molecule has 0 heterocycles. The number of phenolic OH excluding ortho intramolecular Hbond substituents is 1. The summed E-state index contributed by atoms with van der Waals surface area (Å²) in [6.07, 6.45) is -16.5. The maximum Gasteiger partial charge on any atom is 0.420 e. The lowest BCUT2D eigenvalue weighted by Gasteiger charge is -2.22. The molecule has 32 heavy (non-hydrogen) atoms. The predicted molar refractivity (Wildman–Crippen MR) is 90.3 cm³/mol. The Kier molecular flexibility index (Phi) is 6.62. The Hall–Kier alpha value is -3.12. The van der Waals surface area contributed by atoms with E-state index in [9.17, 15) is 49.4 Å². The van der Waals surface area contributed by atoms with Gasteiger partial charge in [0.25, 0.3) is 0 Å². The summed E-state index contributed by atoms with van der Waals surface area (Å²) in [5.41, 5.74) is -6.60. The van der Waals surface area contributed by atoms with Crippen LogP contribution in [0, 0.1) is 0 Å². The molecule has 4 nitrogen and oxygen atoms in total. The number of phenols is 1. The molecule has 0 radical (unpaired) electrons. The lowest BCUT2D eigenvalue weighted by Crippen LogP contribution is -2.18. The molecular formula is C19H13F9O4. The highest BCUT2D eigenvalue weighted by Gasteiger charge is 2.44. The van der Waals surface area contributed by atoms with Crippen LogP contribution in [0.15, 0.2) is 30.3 Å². The van der Waals surface area contributed by atoms with E-state index < -0.39 is 69.9 Å². The number of rotatable bonds is 5. The van der Waals surface area contributed by atoms with E-state index in [1.54, 1.807) is 0 Å². The van der Waals surface area contributed by atoms with Gasteiger partial charge in [0.15, 0.2) is 5.75 Å². The van der Waals surface area contributed by atoms with Gasteiger partial charge in [-0.15, -0.1) is 0 Å². The molecule has 0 amide bonds. The Labute approximate surface area is 173 Å². The number of benzene rings is 2. The fraction of sp³-hybridized carbons (Fsp3) is 0.316. The zero-order valence-electron chi connectivity index (χ0n) is 15.8. The van der Waals surface area contributed by atoms with Crippen molar-refractivity contribution >= 4 is 5.97 Å². The van der Waals surface area contributed by atoms with Crippen LogP contribution < -0.4 is 4.74 Å². The van der Waals surface area contributed by atoms with Gasteiger partial charge in [-0.05, 0) is 42.3 Å². The van der Waals surface area contributed by atoms with Crippen LogP contribution in [0.4, 0.5) is 39.5 Å². The average molecular weight is 476 g/mol. The van der Waals surface area contributed by atoms with Crippen molar-refractivity contribution in [3.8, 4) is 17.2 Å². The third-order valence-corrected chi connectivity index (χ3v) is 4.32. The fourth-order valence-electron chi connectivity index (χ4n) is 2.86. The van der Waals surface area contributed by atoms with Crippen molar-refractivity contribution in [3.63, 3.8) is 0 Å². The summed E-state index contributed by atoms with van der Waals surface area (Å²) in [5.74, 6) is -7.62. The monoisotopic (exact) mass is 476 g/mol. The number of carboxylic acid groups (broad SMARTS) is 1. The van der Waals surface area contributed by atoms with Gasteiger partial charge < -0.3 is 14.9 Å². The fourth-order valence-corrected chi connectivity index (χ4v) is 2.86. The highest BCUT2D eigenvalue weighted by Crippen LogP contribution is 2.48. The Morgan fingerprint density at radius 2 is 1.34 bits per heavy atom. The van der Waals surface area contributed by atoms with Gasteiger partial charge in [-0.2, -0.15) is 39.5 Å². The Bertz CT molecular complexity index is 972. The first kappa shape index (κ1) is 25.1. The number of alkyl halides is 9. The number of ether oxygens (including phenoxy) is 1. The van der Waals surface area contributed by atoms with Crippen molar-refractivity contribution in [2.75, 3.05) is 0 Å². The second-order valence-electron chi connectivity index (χ2n) is 6.52. The molecule has 0 aliphatic rings. The van der Waals surface area contributed by atoms with E-state index in [1.165, 1.54) is 6.92 Å². The Morgan fingerprint density at radius 3 is 1.72 bits per heavy atom. The van der Waals surface area contributed by atoms with E-state index >= 15 is 0 Å². The molecule has 1 atom stereocenters. The molecule has 0 bridgehead atoms. The largest absolute Gasteiger partial charge is 0.507 e. The molecule has 0 saturated carbocycles. The van der Waals surface area contributed by atoms with Crippen LogP contribution in [-0.4, -0.2) is 16.2 Å². The Morgan fingerprint density at radius 1 is 0.875 bits per heavy atom. The minimum absolute atomic E-state index is 0.0374. The van der Waals surface area contributed by atoms with Crippen LogP contribution in [0.5, 0.6) is 17.2 Å². The van der Waals surface area contributed by atoms with Crippen molar-refractivity contribution in [1.82, 2.24) is 0 Å². The number of hydrogen-bond donors (Lipinski definition) is 2. The molecule has 0 aliphatic carbocycles. The summed E-state index contributed by atoms with van der Waals surface area (Å²) < 4.78 is 125. The lowest BCUT2D eigenvalue weighted by molar-refractivity contribution is -0.146. The first-order chi connectivity index (χ1) is 14.5. The number of carbonyl (C=O) groups is 1. The second-order valence-corrected chi connectivity index (χ2v) is 6.52. The maximum atomic E-state index is 13.6. The number of carboxylic acids is 1. The standard InChI is InChI=1S/C19H13F9O4/c1-2-10(16(30)31)8-5-12(18(23,24)25)15(13(6-8)19(26,27)28)32-9-3-4-14(29)11(7-9)17(20,21)22/h3-7,10,29H,2H2,1H3,(H,30,31). The van der Waals surface area contributed by atoms with Crippen LogP contribution in [0.3, 0.4) is 0 Å². The van der Waals surface area contributed by atoms with Crippen LogP contribution in [0.25, 0.3) is 0 Å². The van der Waals surface area contributed by atoms with Crippen LogP contribution in [0.1, 0.15) is 41.5 Å². The van der Waals surface area contributed by atoms with Gasteiger partial charge in [-0.1, -0.05) is 6.92 Å². The van der Waals surface area contributed by atoms with Gasteiger partial charge in [-0.25, -0.2) is 0 Å². The summed E-state index contributed by atoms with van der Waals surface area (Å²) >= 11 is 0. The Balaban J connectivity index is 2.80. The minimum atomic E-state index is -5.48. The number of halogens is 9. The summed E-state index contributed by atoms with van der Waals surface area (Å²) in [7, 11) is 0. The van der Waals surface area contributed by atoms with Crippen LogP contribution in [-0.2, 0) is 23.3 Å². The van der Waals surface area contributed by atoms with Crippen LogP contribution >= 0.6 is 0 Å². The molecule has 1 unspecified atom stereocenters. The molecular weight excluding hydrogens is 463 g/mol. The van der Waals surface area contributed by atoms with E-state index in [0.29, 0.717) is 12.1 Å². The normalized spacial score (nSPS) is 13.7. The molecule has 2 aromatic rings. The molecule has 0 aromatic heterocycles. The summed E-state index contributed by atoms with van der Waals surface area (Å²) in [6, 6.07) is 1.28. The molecule has 2 N–H and O–H groups in total. The van der Waals surface area contributed by atoms with E-state index in [-0.39, 0.29) is 24.6 Å². The smallest absolute Gasteiger partial charge is 0.420 e. The zero-order valence-corrected chi connectivity index (χ0v) is 15.8. The molecule has 176 valence electrons. The zero-order chi connectivity index (χ0) is 24.6. The van der Waals surface area contributed by atoms with Gasteiger partial charge in [0, 0.05) is 0 Å². The van der Waals surface area contributed by atoms with Gasteiger partial charge in [-0.3, -0.25) is 4.79 Å². The van der Waals surface area contributed by atoms with E-state index in [4.69, 9.17) is 5.11 Å². The van der Waals surface area contributed by atoms with Crippen LogP contribution in [0.2, 0.25) is 0 Å². The minimum Gasteiger partial charge on any atom is -0.507 e. The SMILES string of the molecule is CCC(C(=O)O)c1cc(C(F)(F)F)c(Oc2ccc(O)c(C(F)(F)F)c2)c(C(F)(F)F)c1. The maximum absolute atomic E-state index is 13.6. The van der Waals surface area contributed by atoms with Crippen molar-refractivity contribution in [2.24, 2.45) is 0 Å². The van der Waals surface area contributed by atoms with E-state index in [0.717, 1.165) is 0 Å². The highest BCUT2D eigenvalue weighted by atomic mass is 19.4. The molecule has 0 fully saturated rings.